The number of pyridine rings is 1. The van der Waals surface area contributed by atoms with Crippen LogP contribution in [0.4, 0.5) is 0 Å². The Morgan fingerprint density at radius 2 is 1.77 bits per heavy atom. The summed E-state index contributed by atoms with van der Waals surface area (Å²) < 4.78 is 6.99. The molecule has 0 atom stereocenters. The van der Waals surface area contributed by atoms with E-state index < -0.39 is 0 Å². The van der Waals surface area contributed by atoms with Gasteiger partial charge in [-0.3, -0.25) is 14.4 Å². The highest BCUT2D eigenvalue weighted by molar-refractivity contribution is 6.30. The summed E-state index contributed by atoms with van der Waals surface area (Å²) in [5, 5.41) is 5.95. The van der Waals surface area contributed by atoms with E-state index in [-0.39, 0.29) is 36.9 Å². The van der Waals surface area contributed by atoms with Crippen molar-refractivity contribution in [2.24, 2.45) is 0 Å². The first kappa shape index (κ1) is 25.8. The van der Waals surface area contributed by atoms with Crippen molar-refractivity contribution in [3.8, 4) is 5.75 Å². The fraction of sp³-hybridized carbons (Fsp3) is 0.269. The minimum absolute atomic E-state index is 0.0752. The largest absolute Gasteiger partial charge is 0.483 e. The molecule has 2 amide bonds. The average Bonchev–Trinajstić information content (AvgIpc) is 2.85. The molecular weight excluding hydrogens is 468 g/mol. The zero-order valence-electron chi connectivity index (χ0n) is 19.8. The molecule has 3 rings (SSSR count). The van der Waals surface area contributed by atoms with Crippen molar-refractivity contribution in [3.05, 3.63) is 98.4 Å². The third-order valence-electron chi connectivity index (χ3n) is 5.29. The van der Waals surface area contributed by atoms with Gasteiger partial charge >= 0.3 is 0 Å². The van der Waals surface area contributed by atoms with Crippen LogP contribution in [0, 0.1) is 6.92 Å². The summed E-state index contributed by atoms with van der Waals surface area (Å²) >= 11 is 6.11. The van der Waals surface area contributed by atoms with E-state index >= 15 is 0 Å². The van der Waals surface area contributed by atoms with E-state index in [4.69, 9.17) is 16.3 Å². The number of aryl methyl sites for hydroxylation is 1. The summed E-state index contributed by atoms with van der Waals surface area (Å²) in [7, 11) is 0. The zero-order chi connectivity index (χ0) is 25.2. The first-order valence-corrected chi connectivity index (χ1v) is 11.7. The second-order valence-electron chi connectivity index (χ2n) is 7.92. The molecule has 0 radical (unpaired) electrons. The number of nitrogens with one attached hydrogen (secondary N) is 3. The molecule has 3 N–H and O–H groups in total. The van der Waals surface area contributed by atoms with Crippen LogP contribution in [0.5, 0.6) is 5.75 Å². The molecule has 35 heavy (non-hydrogen) atoms. The number of halogens is 1. The molecule has 2 aromatic carbocycles. The molecule has 8 nitrogen and oxygen atoms in total. The van der Waals surface area contributed by atoms with Crippen molar-refractivity contribution in [3.63, 3.8) is 0 Å². The molecule has 0 aliphatic heterocycles. The Balaban J connectivity index is 1.64. The highest BCUT2D eigenvalue weighted by atomic mass is 35.5. The van der Waals surface area contributed by atoms with Gasteiger partial charge in [-0.25, -0.2) is 4.68 Å². The first-order valence-electron chi connectivity index (χ1n) is 11.3. The topological polar surface area (TPSA) is 101 Å². The number of hydrogen-bond acceptors (Lipinski definition) is 5. The Morgan fingerprint density at radius 1 is 1.00 bits per heavy atom. The molecule has 0 bridgehead atoms. The van der Waals surface area contributed by atoms with E-state index in [1.165, 1.54) is 4.68 Å². The second kappa shape index (κ2) is 12.6. The quantitative estimate of drug-likeness (QED) is 0.379. The standard InChI is InChI=1S/C26H29ClN4O4/c1-3-28-25(33)17-35-23-10-9-21(27)13-20(23)16-29-24(32)14-22-18(2)11-12-31(26(22)34)30-15-19-7-5-4-6-8-19/h4-13,30H,3,14-17H2,1-2H3,(H,28,33)(H,29,32). The number of aromatic nitrogens is 1. The smallest absolute Gasteiger partial charge is 0.272 e. The SMILES string of the molecule is CCNC(=O)COc1ccc(Cl)cc1CNC(=O)Cc1c(C)ccn(NCc2ccccc2)c1=O. The van der Waals surface area contributed by atoms with Crippen molar-refractivity contribution in [1.29, 1.82) is 0 Å². The van der Waals surface area contributed by atoms with Gasteiger partial charge in [0.15, 0.2) is 6.61 Å². The molecule has 184 valence electrons. The summed E-state index contributed by atoms with van der Waals surface area (Å²) in [6.07, 6.45) is 1.58. The molecule has 0 spiro atoms. The number of ether oxygens (including phenoxy) is 1. The number of carbonyl (C=O) groups excluding carboxylic acids is 2. The number of likely N-dealkylation sites (N-methyl/N-ethyl adjacent to an activating group) is 1. The molecule has 1 aromatic heterocycles. The van der Waals surface area contributed by atoms with Crippen molar-refractivity contribution in [2.75, 3.05) is 18.6 Å². The number of benzene rings is 2. The summed E-state index contributed by atoms with van der Waals surface area (Å²) in [5.41, 5.74) is 5.61. The van der Waals surface area contributed by atoms with Crippen molar-refractivity contribution in [2.45, 2.75) is 33.4 Å². The van der Waals surface area contributed by atoms with Crippen LogP contribution in [-0.2, 0) is 29.1 Å². The van der Waals surface area contributed by atoms with E-state index in [1.807, 2.05) is 37.3 Å². The number of nitrogens with zero attached hydrogens (tertiary/aromatic N) is 1. The number of amides is 2. The van der Waals surface area contributed by atoms with Gasteiger partial charge in [-0.1, -0.05) is 41.9 Å². The fourth-order valence-corrected chi connectivity index (χ4v) is 3.61. The molecule has 1 heterocycles. The lowest BCUT2D eigenvalue weighted by atomic mass is 10.1. The van der Waals surface area contributed by atoms with Gasteiger partial charge in [0, 0.05) is 35.4 Å². The van der Waals surface area contributed by atoms with Gasteiger partial charge in [0.25, 0.3) is 11.5 Å². The average molecular weight is 497 g/mol. The Labute approximate surface area is 209 Å². The van der Waals surface area contributed by atoms with Gasteiger partial charge in [-0.2, -0.15) is 0 Å². The lowest BCUT2D eigenvalue weighted by Gasteiger charge is -2.14. The van der Waals surface area contributed by atoms with E-state index in [9.17, 15) is 14.4 Å². The monoisotopic (exact) mass is 496 g/mol. The molecule has 0 saturated carbocycles. The lowest BCUT2D eigenvalue weighted by Crippen LogP contribution is -2.34. The van der Waals surface area contributed by atoms with Gasteiger partial charge in [-0.15, -0.1) is 0 Å². The molecule has 0 fully saturated rings. The van der Waals surface area contributed by atoms with Crippen LogP contribution in [0.3, 0.4) is 0 Å². The third-order valence-corrected chi connectivity index (χ3v) is 5.53. The van der Waals surface area contributed by atoms with Crippen LogP contribution >= 0.6 is 11.6 Å². The van der Waals surface area contributed by atoms with E-state index in [1.54, 1.807) is 37.4 Å². The zero-order valence-corrected chi connectivity index (χ0v) is 20.5. The summed E-state index contributed by atoms with van der Waals surface area (Å²) in [6.45, 7) is 4.60. The normalized spacial score (nSPS) is 10.5. The van der Waals surface area contributed by atoms with Crippen molar-refractivity contribution >= 4 is 23.4 Å². The summed E-state index contributed by atoms with van der Waals surface area (Å²) in [6, 6.07) is 16.5. The summed E-state index contributed by atoms with van der Waals surface area (Å²) in [4.78, 5) is 37.4. The first-order chi connectivity index (χ1) is 16.9. The highest BCUT2D eigenvalue weighted by Gasteiger charge is 2.14. The molecule has 0 saturated heterocycles. The molecule has 0 aliphatic rings. The lowest BCUT2D eigenvalue weighted by molar-refractivity contribution is -0.123. The summed E-state index contributed by atoms with van der Waals surface area (Å²) in [5.74, 6) is -0.112. The Bertz CT molecular complexity index is 1230. The maximum atomic E-state index is 13.0. The Hall–Kier alpha value is -3.78. The molecule has 9 heteroatoms. The Kier molecular flexibility index (Phi) is 9.31. The van der Waals surface area contributed by atoms with Crippen LogP contribution in [0.2, 0.25) is 5.02 Å². The predicted molar refractivity (Wildman–Crippen MR) is 136 cm³/mol. The molecule has 0 aliphatic carbocycles. The van der Waals surface area contributed by atoms with Gasteiger partial charge in [0.05, 0.1) is 13.0 Å². The maximum Gasteiger partial charge on any atom is 0.272 e. The number of rotatable bonds is 11. The Morgan fingerprint density at radius 3 is 2.51 bits per heavy atom. The molecule has 0 unspecified atom stereocenters. The van der Waals surface area contributed by atoms with E-state index in [2.05, 4.69) is 16.1 Å². The van der Waals surface area contributed by atoms with Crippen LogP contribution in [0.1, 0.15) is 29.2 Å². The number of carbonyl (C=O) groups is 2. The van der Waals surface area contributed by atoms with Crippen LogP contribution in [0.15, 0.2) is 65.6 Å². The highest BCUT2D eigenvalue weighted by Crippen LogP contribution is 2.23. The van der Waals surface area contributed by atoms with Gasteiger partial charge in [-0.05, 0) is 49.2 Å². The third kappa shape index (κ3) is 7.61. The van der Waals surface area contributed by atoms with Crippen molar-refractivity contribution in [1.82, 2.24) is 15.3 Å². The van der Waals surface area contributed by atoms with Crippen LogP contribution in [0.25, 0.3) is 0 Å². The van der Waals surface area contributed by atoms with E-state index in [0.717, 1.165) is 11.1 Å². The van der Waals surface area contributed by atoms with Crippen LogP contribution in [-0.4, -0.2) is 29.6 Å². The fourth-order valence-electron chi connectivity index (χ4n) is 3.42. The predicted octanol–water partition coefficient (Wildman–Crippen LogP) is 2.93. The minimum Gasteiger partial charge on any atom is -0.483 e. The maximum absolute atomic E-state index is 13.0. The molecular formula is C26H29ClN4O4. The van der Waals surface area contributed by atoms with Gasteiger partial charge in [0.1, 0.15) is 5.75 Å². The molecule has 3 aromatic rings. The second-order valence-corrected chi connectivity index (χ2v) is 8.36. The van der Waals surface area contributed by atoms with Gasteiger partial charge < -0.3 is 20.8 Å². The number of hydrogen-bond donors (Lipinski definition) is 3. The van der Waals surface area contributed by atoms with Crippen LogP contribution < -0.4 is 26.4 Å². The van der Waals surface area contributed by atoms with Gasteiger partial charge in [0.2, 0.25) is 5.91 Å². The minimum atomic E-state index is -0.319. The van der Waals surface area contributed by atoms with Crippen molar-refractivity contribution < 1.29 is 14.3 Å². The van der Waals surface area contributed by atoms with E-state index in [0.29, 0.717) is 35.0 Å².